The van der Waals surface area contributed by atoms with E-state index in [9.17, 15) is 13.6 Å². The molecular formula is C8H6F2O3. The number of ether oxygens (including phenoxy) is 1. The Balaban J connectivity index is 3.12. The van der Waals surface area contributed by atoms with E-state index in [2.05, 4.69) is 4.74 Å². The second-order valence-electron chi connectivity index (χ2n) is 2.33. The summed E-state index contributed by atoms with van der Waals surface area (Å²) >= 11 is 0. The lowest BCUT2D eigenvalue weighted by atomic mass is 10.3. The molecule has 0 saturated carbocycles. The summed E-state index contributed by atoms with van der Waals surface area (Å²) in [5.41, 5.74) is 0. The number of esters is 1. The standard InChI is InChI=1S/C8H6F2O3/c1-4(11)13-7-3-5(12)2-6(9)8(7)10/h2-3,12H,1H3. The van der Waals surface area contributed by atoms with Gasteiger partial charge in [-0.15, -0.1) is 0 Å². The smallest absolute Gasteiger partial charge is 0.308 e. The van der Waals surface area contributed by atoms with E-state index in [1.54, 1.807) is 0 Å². The lowest BCUT2D eigenvalue weighted by Crippen LogP contribution is -2.04. The number of aromatic hydroxyl groups is 1. The molecule has 0 aromatic heterocycles. The van der Waals surface area contributed by atoms with Gasteiger partial charge >= 0.3 is 5.97 Å². The van der Waals surface area contributed by atoms with E-state index in [4.69, 9.17) is 5.11 Å². The minimum absolute atomic E-state index is 0.504. The molecule has 1 N–H and O–H groups in total. The van der Waals surface area contributed by atoms with Crippen LogP contribution < -0.4 is 4.74 Å². The Kier molecular flexibility index (Phi) is 2.46. The number of phenols is 1. The SMILES string of the molecule is CC(=O)Oc1cc(O)cc(F)c1F. The first kappa shape index (κ1) is 9.44. The van der Waals surface area contributed by atoms with Gasteiger partial charge in [-0.2, -0.15) is 4.39 Å². The van der Waals surface area contributed by atoms with E-state index >= 15 is 0 Å². The van der Waals surface area contributed by atoms with Gasteiger partial charge in [0.15, 0.2) is 11.6 Å². The Morgan fingerprint density at radius 3 is 2.62 bits per heavy atom. The van der Waals surface area contributed by atoms with Crippen LogP contribution in [0.5, 0.6) is 11.5 Å². The summed E-state index contributed by atoms with van der Waals surface area (Å²) in [6, 6.07) is 1.40. The molecule has 0 unspecified atom stereocenters. The maximum Gasteiger partial charge on any atom is 0.308 e. The Morgan fingerprint density at radius 2 is 2.08 bits per heavy atom. The number of carbonyl (C=O) groups excluding carboxylic acids is 1. The first-order valence-electron chi connectivity index (χ1n) is 3.37. The average molecular weight is 188 g/mol. The number of carbonyl (C=O) groups is 1. The van der Waals surface area contributed by atoms with Gasteiger partial charge in [0.2, 0.25) is 5.82 Å². The summed E-state index contributed by atoms with van der Waals surface area (Å²) < 4.78 is 29.6. The number of phenolic OH excluding ortho intramolecular Hbond substituents is 1. The molecule has 0 atom stereocenters. The maximum absolute atomic E-state index is 12.8. The molecule has 0 heterocycles. The van der Waals surface area contributed by atoms with Crippen molar-refractivity contribution in [3.05, 3.63) is 23.8 Å². The van der Waals surface area contributed by atoms with Gasteiger partial charge in [0, 0.05) is 19.1 Å². The van der Waals surface area contributed by atoms with Crippen LogP contribution >= 0.6 is 0 Å². The van der Waals surface area contributed by atoms with Crippen molar-refractivity contribution in [2.24, 2.45) is 0 Å². The average Bonchev–Trinajstić information content (AvgIpc) is 1.98. The molecule has 5 heteroatoms. The minimum atomic E-state index is -1.30. The fraction of sp³-hybridized carbons (Fsp3) is 0.125. The lowest BCUT2D eigenvalue weighted by molar-refractivity contribution is -0.132. The predicted molar refractivity (Wildman–Crippen MR) is 39.3 cm³/mol. The zero-order valence-corrected chi connectivity index (χ0v) is 6.67. The highest BCUT2D eigenvalue weighted by Crippen LogP contribution is 2.25. The number of halogens is 2. The summed E-state index contributed by atoms with van der Waals surface area (Å²) in [4.78, 5) is 10.4. The summed E-state index contributed by atoms with van der Waals surface area (Å²) in [7, 11) is 0. The van der Waals surface area contributed by atoms with Crippen molar-refractivity contribution >= 4 is 5.97 Å². The van der Waals surface area contributed by atoms with E-state index in [1.807, 2.05) is 0 Å². The van der Waals surface area contributed by atoms with E-state index in [0.717, 1.165) is 13.0 Å². The molecule has 0 aliphatic heterocycles. The van der Waals surface area contributed by atoms with E-state index in [1.165, 1.54) is 0 Å². The van der Waals surface area contributed by atoms with Gasteiger partial charge in [-0.1, -0.05) is 0 Å². The largest absolute Gasteiger partial charge is 0.508 e. The number of hydrogen-bond donors (Lipinski definition) is 1. The molecular weight excluding hydrogens is 182 g/mol. The maximum atomic E-state index is 12.8. The number of hydrogen-bond acceptors (Lipinski definition) is 3. The summed E-state index contributed by atoms with van der Waals surface area (Å²) in [5.74, 6) is -4.48. The monoisotopic (exact) mass is 188 g/mol. The summed E-state index contributed by atoms with van der Waals surface area (Å²) in [5, 5.41) is 8.83. The lowest BCUT2D eigenvalue weighted by Gasteiger charge is -2.03. The van der Waals surface area contributed by atoms with Crippen molar-refractivity contribution in [3.8, 4) is 11.5 Å². The van der Waals surface area contributed by atoms with Crippen molar-refractivity contribution in [2.75, 3.05) is 0 Å². The molecule has 0 fully saturated rings. The Labute approximate surface area is 72.6 Å². The third-order valence-corrected chi connectivity index (χ3v) is 1.23. The van der Waals surface area contributed by atoms with E-state index in [0.29, 0.717) is 6.07 Å². The molecule has 1 aromatic rings. The van der Waals surface area contributed by atoms with Crippen LogP contribution in [-0.2, 0) is 4.79 Å². The van der Waals surface area contributed by atoms with E-state index in [-0.39, 0.29) is 0 Å². The molecule has 0 saturated heterocycles. The third-order valence-electron chi connectivity index (χ3n) is 1.23. The van der Waals surface area contributed by atoms with Gasteiger partial charge in [-0.3, -0.25) is 4.79 Å². The van der Waals surface area contributed by atoms with Crippen molar-refractivity contribution in [2.45, 2.75) is 6.92 Å². The van der Waals surface area contributed by atoms with Gasteiger partial charge in [0.1, 0.15) is 5.75 Å². The molecule has 70 valence electrons. The highest BCUT2D eigenvalue weighted by atomic mass is 19.2. The van der Waals surface area contributed by atoms with Crippen LogP contribution in [0, 0.1) is 11.6 Å². The molecule has 1 rings (SSSR count). The predicted octanol–water partition coefficient (Wildman–Crippen LogP) is 1.60. The molecule has 0 radical (unpaired) electrons. The number of benzene rings is 1. The quantitative estimate of drug-likeness (QED) is 0.537. The summed E-state index contributed by atoms with van der Waals surface area (Å²) in [6.45, 7) is 1.04. The first-order valence-corrected chi connectivity index (χ1v) is 3.37. The van der Waals surface area contributed by atoms with Gasteiger partial charge in [-0.05, 0) is 0 Å². The third kappa shape index (κ3) is 2.14. The Bertz CT molecular complexity index is 349. The van der Waals surface area contributed by atoms with Crippen molar-refractivity contribution in [1.82, 2.24) is 0 Å². The van der Waals surface area contributed by atoms with Crippen LogP contribution in [-0.4, -0.2) is 11.1 Å². The topological polar surface area (TPSA) is 46.5 Å². The van der Waals surface area contributed by atoms with Crippen LogP contribution in [0.3, 0.4) is 0 Å². The minimum Gasteiger partial charge on any atom is -0.508 e. The normalized spacial score (nSPS) is 9.77. The Hall–Kier alpha value is -1.65. The fourth-order valence-electron chi connectivity index (χ4n) is 0.779. The highest BCUT2D eigenvalue weighted by Gasteiger charge is 2.13. The van der Waals surface area contributed by atoms with E-state index < -0.39 is 29.1 Å². The molecule has 0 aliphatic carbocycles. The molecule has 0 spiro atoms. The van der Waals surface area contributed by atoms with Gasteiger partial charge < -0.3 is 9.84 Å². The van der Waals surface area contributed by atoms with Crippen LogP contribution in [0.1, 0.15) is 6.92 Å². The molecule has 1 aromatic carbocycles. The molecule has 0 aliphatic rings. The van der Waals surface area contributed by atoms with Crippen molar-refractivity contribution in [1.29, 1.82) is 0 Å². The van der Waals surface area contributed by atoms with Crippen molar-refractivity contribution in [3.63, 3.8) is 0 Å². The van der Waals surface area contributed by atoms with Gasteiger partial charge in [0.25, 0.3) is 0 Å². The summed E-state index contributed by atoms with van der Waals surface area (Å²) in [6.07, 6.45) is 0. The Morgan fingerprint density at radius 1 is 1.46 bits per heavy atom. The molecule has 3 nitrogen and oxygen atoms in total. The van der Waals surface area contributed by atoms with Crippen LogP contribution in [0.2, 0.25) is 0 Å². The zero-order chi connectivity index (χ0) is 10.0. The van der Waals surface area contributed by atoms with Crippen molar-refractivity contribution < 1.29 is 23.4 Å². The molecule has 0 bridgehead atoms. The fourth-order valence-corrected chi connectivity index (χ4v) is 0.779. The highest BCUT2D eigenvalue weighted by molar-refractivity contribution is 5.69. The molecule has 13 heavy (non-hydrogen) atoms. The molecule has 0 amide bonds. The van der Waals surface area contributed by atoms with Crippen LogP contribution in [0.4, 0.5) is 8.78 Å². The van der Waals surface area contributed by atoms with Crippen LogP contribution in [0.25, 0.3) is 0 Å². The first-order chi connectivity index (χ1) is 6.00. The number of rotatable bonds is 1. The second-order valence-corrected chi connectivity index (χ2v) is 2.33. The van der Waals surface area contributed by atoms with Gasteiger partial charge in [-0.25, -0.2) is 4.39 Å². The van der Waals surface area contributed by atoms with Crippen LogP contribution in [0.15, 0.2) is 12.1 Å². The van der Waals surface area contributed by atoms with Gasteiger partial charge in [0.05, 0.1) is 0 Å². The second kappa shape index (κ2) is 3.38. The zero-order valence-electron chi connectivity index (χ0n) is 6.67.